The largest absolute Gasteiger partial charge is 1.00 e. The van der Waals surface area contributed by atoms with E-state index in [2.05, 4.69) is 4.72 Å². The summed E-state index contributed by atoms with van der Waals surface area (Å²) in [5.41, 5.74) is 3.69. The fourth-order valence-electron chi connectivity index (χ4n) is 3.69. The fraction of sp³-hybridized carbons (Fsp3) is 0.364. The monoisotopic (exact) mass is 452 g/mol. The summed E-state index contributed by atoms with van der Waals surface area (Å²) in [4.78, 5) is 24.3. The number of carbonyl (C=O) groups is 2. The van der Waals surface area contributed by atoms with Crippen molar-refractivity contribution in [1.29, 1.82) is 0 Å². The molecule has 2 aromatic carbocycles. The first-order chi connectivity index (χ1) is 14.2. The van der Waals surface area contributed by atoms with E-state index in [1.54, 1.807) is 30.3 Å². The zero-order chi connectivity index (χ0) is 21.9. The van der Waals surface area contributed by atoms with Gasteiger partial charge in [-0.05, 0) is 61.6 Å². The van der Waals surface area contributed by atoms with Gasteiger partial charge in [0.15, 0.2) is 0 Å². The molecule has 0 radical (unpaired) electrons. The van der Waals surface area contributed by atoms with Crippen molar-refractivity contribution in [3.63, 3.8) is 0 Å². The number of anilines is 1. The fourth-order valence-corrected chi connectivity index (χ4v) is 4.96. The van der Waals surface area contributed by atoms with Gasteiger partial charge in [-0.3, -0.25) is 4.79 Å². The molecule has 3 rings (SSSR count). The van der Waals surface area contributed by atoms with Crippen molar-refractivity contribution >= 4 is 27.6 Å². The number of aliphatic carboxylic acids is 1. The quantitative estimate of drug-likeness (QED) is 0.506. The van der Waals surface area contributed by atoms with Gasteiger partial charge in [-0.1, -0.05) is 23.8 Å². The van der Waals surface area contributed by atoms with Crippen molar-refractivity contribution in [2.24, 2.45) is 0 Å². The van der Waals surface area contributed by atoms with Gasteiger partial charge in [0.2, 0.25) is 15.9 Å². The molecule has 0 aromatic heterocycles. The summed E-state index contributed by atoms with van der Waals surface area (Å²) in [7, 11) is -3.59. The average Bonchev–Trinajstić information content (AvgIpc) is 2.67. The third-order valence-corrected chi connectivity index (χ3v) is 6.84. The Hall–Kier alpha value is -1.71. The normalized spacial score (nSPS) is 15.5. The number of rotatable bonds is 7. The molecule has 160 valence electrons. The number of hydrogen-bond acceptors (Lipinski definition) is 5. The maximum atomic E-state index is 12.7. The Morgan fingerprint density at radius 3 is 2.42 bits per heavy atom. The molecule has 1 aliphatic carbocycles. The van der Waals surface area contributed by atoms with Crippen LogP contribution in [0, 0.1) is 6.92 Å². The number of carbonyl (C=O) groups excluding carboxylic acids is 2. The number of carboxylic acid groups (broad SMARTS) is 1. The van der Waals surface area contributed by atoms with Gasteiger partial charge in [0.05, 0.1) is 4.90 Å². The first kappa shape index (κ1) is 25.5. The van der Waals surface area contributed by atoms with Crippen LogP contribution >= 0.6 is 0 Å². The minimum Gasteiger partial charge on any atom is -0.550 e. The number of amides is 1. The molecule has 31 heavy (non-hydrogen) atoms. The Morgan fingerprint density at radius 1 is 1.13 bits per heavy atom. The molecule has 2 aromatic rings. The maximum Gasteiger partial charge on any atom is 1.00 e. The number of hydrogen-bond donors (Lipinski definition) is 1. The first-order valence-corrected chi connectivity index (χ1v) is 11.3. The molecule has 0 fully saturated rings. The summed E-state index contributed by atoms with van der Waals surface area (Å²) < 4.78 is 28.1. The Kier molecular flexibility index (Phi) is 8.85. The zero-order valence-corrected chi connectivity index (χ0v) is 20.9. The molecule has 9 heteroatoms. The SMILES string of the molecule is CC(=O)N(CCC(=O)[O-])c1ccc2c(c1)CCC(NS(=O)(=O)c1ccc(C)cc1)C2.[Na+]. The molecule has 7 nitrogen and oxygen atoms in total. The van der Waals surface area contributed by atoms with Crippen molar-refractivity contribution in [3.8, 4) is 0 Å². The van der Waals surface area contributed by atoms with E-state index in [1.165, 1.54) is 11.8 Å². The van der Waals surface area contributed by atoms with Crippen molar-refractivity contribution in [3.05, 3.63) is 59.2 Å². The molecule has 1 unspecified atom stereocenters. The summed E-state index contributed by atoms with van der Waals surface area (Å²) >= 11 is 0. The topological polar surface area (TPSA) is 107 Å². The van der Waals surface area contributed by atoms with Gasteiger partial charge in [0, 0.05) is 37.6 Å². The van der Waals surface area contributed by atoms with E-state index in [-0.39, 0.29) is 59.4 Å². The Morgan fingerprint density at radius 2 is 1.81 bits per heavy atom. The van der Waals surface area contributed by atoms with E-state index >= 15 is 0 Å². The summed E-state index contributed by atoms with van der Waals surface area (Å²) in [5.74, 6) is -1.45. The van der Waals surface area contributed by atoms with Crippen LogP contribution in [0.2, 0.25) is 0 Å². The second kappa shape index (κ2) is 10.7. The molecule has 0 heterocycles. The summed E-state index contributed by atoms with van der Waals surface area (Å²) in [6, 6.07) is 12.1. The van der Waals surface area contributed by atoms with E-state index in [0.29, 0.717) is 24.9 Å². The molecular formula is C22H25N2NaO5S. The summed E-state index contributed by atoms with van der Waals surface area (Å²) in [6.07, 6.45) is 1.62. The van der Waals surface area contributed by atoms with Gasteiger partial charge >= 0.3 is 29.6 Å². The number of nitrogens with zero attached hydrogens (tertiary/aromatic N) is 1. The van der Waals surface area contributed by atoms with Crippen LogP contribution < -0.4 is 44.3 Å². The van der Waals surface area contributed by atoms with E-state index in [4.69, 9.17) is 0 Å². The molecule has 1 aliphatic rings. The van der Waals surface area contributed by atoms with Crippen LogP contribution in [0.4, 0.5) is 5.69 Å². The van der Waals surface area contributed by atoms with Gasteiger partial charge in [-0.2, -0.15) is 0 Å². The van der Waals surface area contributed by atoms with E-state index in [0.717, 1.165) is 16.7 Å². The van der Waals surface area contributed by atoms with Crippen LogP contribution in [0.1, 0.15) is 36.5 Å². The molecule has 1 amide bonds. The van der Waals surface area contributed by atoms with Gasteiger partial charge in [0.1, 0.15) is 0 Å². The van der Waals surface area contributed by atoms with Gasteiger partial charge in [0.25, 0.3) is 0 Å². The minimum absolute atomic E-state index is 0. The third-order valence-electron chi connectivity index (χ3n) is 5.30. The average molecular weight is 453 g/mol. The first-order valence-electron chi connectivity index (χ1n) is 9.84. The Balaban J connectivity index is 0.00000341. The number of carboxylic acids is 1. The molecule has 0 aliphatic heterocycles. The van der Waals surface area contributed by atoms with Crippen LogP contribution in [0.25, 0.3) is 0 Å². The van der Waals surface area contributed by atoms with Crippen molar-refractivity contribution in [2.45, 2.75) is 50.5 Å². The second-order valence-electron chi connectivity index (χ2n) is 7.62. The predicted molar refractivity (Wildman–Crippen MR) is 111 cm³/mol. The van der Waals surface area contributed by atoms with Crippen LogP contribution in [0.5, 0.6) is 0 Å². The van der Waals surface area contributed by atoms with Crippen molar-refractivity contribution in [2.75, 3.05) is 11.4 Å². The summed E-state index contributed by atoms with van der Waals surface area (Å²) in [5, 5.41) is 10.8. The van der Waals surface area contributed by atoms with E-state index in [9.17, 15) is 23.1 Å². The third kappa shape index (κ3) is 6.63. The number of benzene rings is 2. The molecule has 0 spiro atoms. The minimum atomic E-state index is -3.59. The van der Waals surface area contributed by atoms with Crippen LogP contribution in [0.15, 0.2) is 47.4 Å². The Labute approximate surface area is 205 Å². The van der Waals surface area contributed by atoms with Gasteiger partial charge < -0.3 is 14.8 Å². The van der Waals surface area contributed by atoms with Crippen LogP contribution in [-0.2, 0) is 32.5 Å². The van der Waals surface area contributed by atoms with Gasteiger partial charge in [-0.25, -0.2) is 13.1 Å². The zero-order valence-electron chi connectivity index (χ0n) is 18.1. The molecule has 1 N–H and O–H groups in total. The second-order valence-corrected chi connectivity index (χ2v) is 9.33. The van der Waals surface area contributed by atoms with Gasteiger partial charge in [-0.15, -0.1) is 0 Å². The molecule has 0 bridgehead atoms. The number of sulfonamides is 1. The molecule has 0 saturated carbocycles. The predicted octanol–water partition coefficient (Wildman–Crippen LogP) is -1.67. The molecule has 1 atom stereocenters. The smallest absolute Gasteiger partial charge is 0.550 e. The standard InChI is InChI=1S/C22H26N2O5S.Na/c1-15-3-9-21(10-4-15)30(28,29)23-19-7-5-18-14-20(8-6-17(18)13-19)24(16(2)25)12-11-22(26)27;/h3-4,6,8-10,14,19,23H,5,7,11-13H2,1-2H3,(H,26,27);/q;+1/p-1. The Bertz CT molecular complexity index is 1050. The van der Waals surface area contributed by atoms with Crippen molar-refractivity contribution in [1.82, 2.24) is 4.72 Å². The number of fused-ring (bicyclic) bond motifs is 1. The summed E-state index contributed by atoms with van der Waals surface area (Å²) in [6.45, 7) is 3.35. The number of aryl methyl sites for hydroxylation is 2. The van der Waals surface area contributed by atoms with E-state index < -0.39 is 16.0 Å². The van der Waals surface area contributed by atoms with E-state index in [1.807, 2.05) is 19.1 Å². The van der Waals surface area contributed by atoms with Crippen molar-refractivity contribution < 1.29 is 52.7 Å². The maximum absolute atomic E-state index is 12.7. The molecular weight excluding hydrogens is 427 g/mol. The number of nitrogens with one attached hydrogen (secondary N) is 1. The molecule has 0 saturated heterocycles. The van der Waals surface area contributed by atoms with Crippen LogP contribution in [-0.4, -0.2) is 32.9 Å². The van der Waals surface area contributed by atoms with Crippen LogP contribution in [0.3, 0.4) is 0 Å².